The molecular formula is C18H15N3O2S. The number of benzene rings is 1. The lowest BCUT2D eigenvalue weighted by atomic mass is 10.2. The Kier molecular flexibility index (Phi) is 4.04. The Morgan fingerprint density at radius 1 is 1.21 bits per heavy atom. The smallest absolute Gasteiger partial charge is 0.277 e. The molecule has 3 heterocycles. The van der Waals surface area contributed by atoms with Gasteiger partial charge in [-0.1, -0.05) is 35.5 Å². The molecule has 2 aromatic heterocycles. The Hall–Kier alpha value is -2.60. The number of hydrogen-bond donors (Lipinski definition) is 0. The SMILES string of the molecule is O=C(c1cc(-c2cccnc2)on1)N1CCSC1c1ccccc1. The molecule has 5 nitrogen and oxygen atoms in total. The molecule has 6 heteroatoms. The van der Waals surface area contributed by atoms with E-state index in [1.165, 1.54) is 0 Å². The molecule has 3 aromatic rings. The molecule has 1 fully saturated rings. The lowest BCUT2D eigenvalue weighted by Crippen LogP contribution is -2.30. The zero-order valence-corrected chi connectivity index (χ0v) is 13.6. The molecule has 4 rings (SSSR count). The number of pyridine rings is 1. The van der Waals surface area contributed by atoms with Crippen molar-refractivity contribution in [1.29, 1.82) is 0 Å². The maximum absolute atomic E-state index is 12.8. The number of rotatable bonds is 3. The summed E-state index contributed by atoms with van der Waals surface area (Å²) in [5.74, 6) is 1.36. The molecule has 120 valence electrons. The molecule has 1 saturated heterocycles. The highest BCUT2D eigenvalue weighted by Gasteiger charge is 2.32. The van der Waals surface area contributed by atoms with Crippen molar-refractivity contribution in [2.75, 3.05) is 12.3 Å². The Balaban J connectivity index is 1.58. The summed E-state index contributed by atoms with van der Waals surface area (Å²) < 4.78 is 5.33. The predicted molar refractivity (Wildman–Crippen MR) is 92.4 cm³/mol. The summed E-state index contributed by atoms with van der Waals surface area (Å²) in [5, 5.41) is 3.99. The fourth-order valence-electron chi connectivity index (χ4n) is 2.74. The third-order valence-corrected chi connectivity index (χ3v) is 5.17. The van der Waals surface area contributed by atoms with Crippen LogP contribution in [0, 0.1) is 0 Å². The van der Waals surface area contributed by atoms with Crippen molar-refractivity contribution in [3.8, 4) is 11.3 Å². The molecule has 1 amide bonds. The van der Waals surface area contributed by atoms with Crippen LogP contribution in [0.3, 0.4) is 0 Å². The Bertz CT molecular complexity index is 836. The molecule has 1 aliphatic heterocycles. The summed E-state index contributed by atoms with van der Waals surface area (Å²) in [6.07, 6.45) is 3.38. The quantitative estimate of drug-likeness (QED) is 0.730. The maximum atomic E-state index is 12.8. The van der Waals surface area contributed by atoms with Crippen LogP contribution in [0.2, 0.25) is 0 Å². The lowest BCUT2D eigenvalue weighted by molar-refractivity contribution is 0.0750. The van der Waals surface area contributed by atoms with Crippen LogP contribution in [0.25, 0.3) is 11.3 Å². The fourth-order valence-corrected chi connectivity index (χ4v) is 4.00. The summed E-state index contributed by atoms with van der Waals surface area (Å²) >= 11 is 1.77. The van der Waals surface area contributed by atoms with E-state index in [9.17, 15) is 4.79 Å². The Labute approximate surface area is 143 Å². The van der Waals surface area contributed by atoms with Crippen LogP contribution >= 0.6 is 11.8 Å². The molecule has 24 heavy (non-hydrogen) atoms. The first-order chi connectivity index (χ1) is 11.8. The molecule has 1 aromatic carbocycles. The maximum Gasteiger partial charge on any atom is 0.277 e. The molecule has 0 saturated carbocycles. The van der Waals surface area contributed by atoms with Gasteiger partial charge in [0.15, 0.2) is 11.5 Å². The van der Waals surface area contributed by atoms with Crippen LogP contribution in [0.4, 0.5) is 0 Å². The highest BCUT2D eigenvalue weighted by Crippen LogP contribution is 2.38. The van der Waals surface area contributed by atoms with Gasteiger partial charge >= 0.3 is 0 Å². The van der Waals surface area contributed by atoms with Gasteiger partial charge in [0.05, 0.1) is 0 Å². The van der Waals surface area contributed by atoms with Gasteiger partial charge in [-0.15, -0.1) is 11.8 Å². The number of carbonyl (C=O) groups is 1. The van der Waals surface area contributed by atoms with E-state index in [1.807, 2.05) is 47.4 Å². The number of hydrogen-bond acceptors (Lipinski definition) is 5. The van der Waals surface area contributed by atoms with Crippen molar-refractivity contribution in [2.45, 2.75) is 5.37 Å². The largest absolute Gasteiger partial charge is 0.355 e. The molecule has 0 bridgehead atoms. The summed E-state index contributed by atoms with van der Waals surface area (Å²) in [7, 11) is 0. The van der Waals surface area contributed by atoms with Gasteiger partial charge in [0.2, 0.25) is 0 Å². The van der Waals surface area contributed by atoms with E-state index in [2.05, 4.69) is 10.1 Å². The van der Waals surface area contributed by atoms with E-state index >= 15 is 0 Å². The van der Waals surface area contributed by atoms with Crippen molar-refractivity contribution in [2.24, 2.45) is 0 Å². The van der Waals surface area contributed by atoms with Crippen LogP contribution in [-0.2, 0) is 0 Å². The molecule has 0 N–H and O–H groups in total. The second-order valence-corrected chi connectivity index (χ2v) is 6.64. The zero-order chi connectivity index (χ0) is 16.4. The van der Waals surface area contributed by atoms with E-state index in [1.54, 1.807) is 30.2 Å². The van der Waals surface area contributed by atoms with Gasteiger partial charge in [-0.05, 0) is 17.7 Å². The van der Waals surface area contributed by atoms with Crippen molar-refractivity contribution in [3.63, 3.8) is 0 Å². The number of amides is 1. The van der Waals surface area contributed by atoms with Crippen molar-refractivity contribution < 1.29 is 9.32 Å². The van der Waals surface area contributed by atoms with Crippen LogP contribution in [0.15, 0.2) is 65.4 Å². The van der Waals surface area contributed by atoms with Crippen molar-refractivity contribution in [1.82, 2.24) is 15.0 Å². The summed E-state index contributed by atoms with van der Waals surface area (Å²) in [6.45, 7) is 0.706. The van der Waals surface area contributed by atoms with E-state index in [0.717, 1.165) is 16.9 Å². The summed E-state index contributed by atoms with van der Waals surface area (Å²) in [4.78, 5) is 18.8. The first kappa shape index (κ1) is 15.0. The zero-order valence-electron chi connectivity index (χ0n) is 12.8. The van der Waals surface area contributed by atoms with Gasteiger partial charge in [0, 0.05) is 36.3 Å². The number of thioether (sulfide) groups is 1. The van der Waals surface area contributed by atoms with E-state index < -0.39 is 0 Å². The topological polar surface area (TPSA) is 59.2 Å². The highest BCUT2D eigenvalue weighted by molar-refractivity contribution is 7.99. The summed E-state index contributed by atoms with van der Waals surface area (Å²) in [6, 6.07) is 15.4. The molecule has 1 unspecified atom stereocenters. The van der Waals surface area contributed by atoms with Crippen LogP contribution in [0.1, 0.15) is 21.4 Å². The van der Waals surface area contributed by atoms with Crippen LogP contribution < -0.4 is 0 Å². The monoisotopic (exact) mass is 337 g/mol. The first-order valence-corrected chi connectivity index (χ1v) is 8.72. The second-order valence-electron chi connectivity index (χ2n) is 5.45. The molecule has 0 radical (unpaired) electrons. The van der Waals surface area contributed by atoms with E-state index in [0.29, 0.717) is 18.0 Å². The molecule has 1 atom stereocenters. The normalized spacial score (nSPS) is 17.2. The third kappa shape index (κ3) is 2.80. The van der Waals surface area contributed by atoms with Gasteiger partial charge in [-0.25, -0.2) is 0 Å². The number of nitrogens with zero attached hydrogens (tertiary/aromatic N) is 3. The van der Waals surface area contributed by atoms with Gasteiger partial charge < -0.3 is 9.42 Å². The van der Waals surface area contributed by atoms with Gasteiger partial charge in [-0.2, -0.15) is 0 Å². The van der Waals surface area contributed by atoms with Crippen LogP contribution in [0.5, 0.6) is 0 Å². The average molecular weight is 337 g/mol. The molecule has 0 aliphatic carbocycles. The van der Waals surface area contributed by atoms with Crippen molar-refractivity contribution in [3.05, 3.63) is 72.2 Å². The van der Waals surface area contributed by atoms with Gasteiger partial charge in [-0.3, -0.25) is 9.78 Å². The average Bonchev–Trinajstić information content (AvgIpc) is 3.32. The number of aromatic nitrogens is 2. The summed E-state index contributed by atoms with van der Waals surface area (Å²) in [5.41, 5.74) is 2.26. The minimum Gasteiger partial charge on any atom is -0.355 e. The standard InChI is InChI=1S/C18H15N3O2S/c22-17(15-11-16(23-20-15)14-7-4-8-19-12-14)21-9-10-24-18(21)13-5-2-1-3-6-13/h1-8,11-12,18H,9-10H2. The second kappa shape index (κ2) is 6.49. The van der Waals surface area contributed by atoms with Gasteiger partial charge in [0.1, 0.15) is 5.37 Å². The third-order valence-electron chi connectivity index (χ3n) is 3.91. The number of carbonyl (C=O) groups excluding carboxylic acids is 1. The first-order valence-electron chi connectivity index (χ1n) is 7.67. The Morgan fingerprint density at radius 2 is 2.08 bits per heavy atom. The lowest BCUT2D eigenvalue weighted by Gasteiger charge is -2.23. The highest BCUT2D eigenvalue weighted by atomic mass is 32.2. The van der Waals surface area contributed by atoms with E-state index in [4.69, 9.17) is 4.52 Å². The van der Waals surface area contributed by atoms with E-state index in [-0.39, 0.29) is 11.3 Å². The predicted octanol–water partition coefficient (Wildman–Crippen LogP) is 3.62. The Morgan fingerprint density at radius 3 is 2.88 bits per heavy atom. The fraction of sp³-hybridized carbons (Fsp3) is 0.167. The van der Waals surface area contributed by atoms with Gasteiger partial charge in [0.25, 0.3) is 5.91 Å². The minimum atomic E-state index is -0.104. The molecule has 0 spiro atoms. The molecular weight excluding hydrogens is 322 g/mol. The minimum absolute atomic E-state index is 0.0252. The van der Waals surface area contributed by atoms with Crippen molar-refractivity contribution >= 4 is 17.7 Å². The molecule has 1 aliphatic rings. The van der Waals surface area contributed by atoms with Crippen LogP contribution in [-0.4, -0.2) is 33.2 Å².